The zero-order chi connectivity index (χ0) is 14.1. The van der Waals surface area contributed by atoms with Crippen LogP contribution < -0.4 is 5.32 Å². The van der Waals surface area contributed by atoms with Gasteiger partial charge in [-0.3, -0.25) is 0 Å². The Balaban J connectivity index is 2.12. The summed E-state index contributed by atoms with van der Waals surface area (Å²) in [5.41, 5.74) is 3.34. The zero-order valence-corrected chi connectivity index (χ0v) is 13.1. The van der Waals surface area contributed by atoms with E-state index in [1.54, 1.807) is 12.1 Å². The van der Waals surface area contributed by atoms with E-state index in [1.807, 2.05) is 18.2 Å². The van der Waals surface area contributed by atoms with Crippen molar-refractivity contribution >= 4 is 61.7 Å². The SMILES string of the molecule is N#Cc1cc(Br)ccc1Nc1c(Cl)ccc2nsnc12. The summed E-state index contributed by atoms with van der Waals surface area (Å²) >= 11 is 10.7. The van der Waals surface area contributed by atoms with Gasteiger partial charge in [-0.1, -0.05) is 27.5 Å². The average Bonchev–Trinajstić information content (AvgIpc) is 2.92. The molecule has 0 spiro atoms. The third-order valence-electron chi connectivity index (χ3n) is 2.74. The van der Waals surface area contributed by atoms with Gasteiger partial charge in [-0.2, -0.15) is 14.0 Å². The highest BCUT2D eigenvalue weighted by Crippen LogP contribution is 2.33. The Hall–Kier alpha value is -1.68. The quantitative estimate of drug-likeness (QED) is 0.713. The highest BCUT2D eigenvalue weighted by Gasteiger charge is 2.12. The van der Waals surface area contributed by atoms with E-state index in [0.717, 1.165) is 21.7 Å². The Morgan fingerprint density at radius 3 is 2.90 bits per heavy atom. The van der Waals surface area contributed by atoms with Crippen molar-refractivity contribution in [3.63, 3.8) is 0 Å². The Kier molecular flexibility index (Phi) is 3.57. The fourth-order valence-corrected chi connectivity index (χ4v) is 2.90. The first-order chi connectivity index (χ1) is 9.69. The van der Waals surface area contributed by atoms with Gasteiger partial charge in [0, 0.05) is 4.47 Å². The molecule has 0 atom stereocenters. The number of fused-ring (bicyclic) bond motifs is 1. The summed E-state index contributed by atoms with van der Waals surface area (Å²) in [5, 5.41) is 12.9. The minimum absolute atomic E-state index is 0.524. The van der Waals surface area contributed by atoms with Crippen LogP contribution in [-0.2, 0) is 0 Å². The van der Waals surface area contributed by atoms with Crippen LogP contribution in [0, 0.1) is 11.3 Å². The summed E-state index contributed by atoms with van der Waals surface area (Å²) in [5.74, 6) is 0. The van der Waals surface area contributed by atoms with E-state index in [0.29, 0.717) is 27.5 Å². The van der Waals surface area contributed by atoms with Crippen LogP contribution in [0.4, 0.5) is 11.4 Å². The second kappa shape index (κ2) is 5.37. The number of anilines is 2. The van der Waals surface area contributed by atoms with Gasteiger partial charge in [-0.25, -0.2) is 0 Å². The molecule has 2 aromatic carbocycles. The predicted octanol–water partition coefficient (Wildman–Crippen LogP) is 4.72. The van der Waals surface area contributed by atoms with Gasteiger partial charge < -0.3 is 5.32 Å². The monoisotopic (exact) mass is 364 g/mol. The topological polar surface area (TPSA) is 61.6 Å². The molecule has 1 aromatic heterocycles. The Morgan fingerprint density at radius 1 is 1.25 bits per heavy atom. The normalized spacial score (nSPS) is 10.4. The predicted molar refractivity (Wildman–Crippen MR) is 84.6 cm³/mol. The average molecular weight is 366 g/mol. The lowest BCUT2D eigenvalue weighted by Gasteiger charge is -2.10. The molecular weight excluding hydrogens is 360 g/mol. The second-order valence-corrected chi connectivity index (χ2v) is 5.83. The van der Waals surface area contributed by atoms with Crippen molar-refractivity contribution in [1.29, 1.82) is 5.26 Å². The molecule has 0 unspecified atom stereocenters. The smallest absolute Gasteiger partial charge is 0.129 e. The molecule has 0 fully saturated rings. The van der Waals surface area contributed by atoms with Gasteiger partial charge in [-0.15, -0.1) is 0 Å². The molecule has 0 bridgehead atoms. The van der Waals surface area contributed by atoms with E-state index in [9.17, 15) is 5.26 Å². The van der Waals surface area contributed by atoms with Crippen molar-refractivity contribution in [3.05, 3.63) is 45.4 Å². The fraction of sp³-hybridized carbons (Fsp3) is 0. The molecule has 1 N–H and O–H groups in total. The largest absolute Gasteiger partial charge is 0.351 e. The number of nitrogens with zero attached hydrogens (tertiary/aromatic N) is 3. The van der Waals surface area contributed by atoms with Crippen molar-refractivity contribution < 1.29 is 0 Å². The lowest BCUT2D eigenvalue weighted by Crippen LogP contribution is -1.95. The van der Waals surface area contributed by atoms with E-state index in [4.69, 9.17) is 11.6 Å². The summed E-state index contributed by atoms with van der Waals surface area (Å²) < 4.78 is 9.26. The molecular formula is C13H6BrClN4S. The fourth-order valence-electron chi connectivity index (χ4n) is 1.80. The molecule has 4 nitrogen and oxygen atoms in total. The Labute approximate surface area is 132 Å². The van der Waals surface area contributed by atoms with Crippen LogP contribution in [0.3, 0.4) is 0 Å². The minimum atomic E-state index is 0.524. The number of nitriles is 1. The summed E-state index contributed by atoms with van der Waals surface area (Å²) in [4.78, 5) is 0. The highest BCUT2D eigenvalue weighted by molar-refractivity contribution is 9.10. The third kappa shape index (κ3) is 2.36. The number of rotatable bonds is 2. The van der Waals surface area contributed by atoms with E-state index in [-0.39, 0.29) is 0 Å². The molecule has 0 aliphatic heterocycles. The van der Waals surface area contributed by atoms with Crippen LogP contribution in [0.15, 0.2) is 34.8 Å². The number of benzene rings is 2. The molecule has 0 aliphatic carbocycles. The summed E-state index contributed by atoms with van der Waals surface area (Å²) in [7, 11) is 0. The molecule has 98 valence electrons. The van der Waals surface area contributed by atoms with E-state index in [2.05, 4.69) is 36.1 Å². The van der Waals surface area contributed by atoms with Crippen molar-refractivity contribution in [2.75, 3.05) is 5.32 Å². The van der Waals surface area contributed by atoms with Gasteiger partial charge in [0.05, 0.1) is 33.7 Å². The third-order valence-corrected chi connectivity index (χ3v) is 4.09. The van der Waals surface area contributed by atoms with Crippen molar-refractivity contribution in [3.8, 4) is 6.07 Å². The van der Waals surface area contributed by atoms with Gasteiger partial charge in [-0.05, 0) is 30.3 Å². The maximum absolute atomic E-state index is 9.19. The number of aromatic nitrogens is 2. The maximum Gasteiger partial charge on any atom is 0.129 e. The van der Waals surface area contributed by atoms with E-state index in [1.165, 1.54) is 0 Å². The van der Waals surface area contributed by atoms with Gasteiger partial charge in [0.2, 0.25) is 0 Å². The molecule has 0 aliphatic rings. The van der Waals surface area contributed by atoms with Crippen LogP contribution in [0.2, 0.25) is 5.02 Å². The maximum atomic E-state index is 9.19. The van der Waals surface area contributed by atoms with Gasteiger partial charge in [0.15, 0.2) is 0 Å². The lowest BCUT2D eigenvalue weighted by molar-refractivity contribution is 1.45. The van der Waals surface area contributed by atoms with Crippen LogP contribution in [-0.4, -0.2) is 8.75 Å². The first-order valence-corrected chi connectivity index (χ1v) is 7.46. The van der Waals surface area contributed by atoms with Crippen molar-refractivity contribution in [2.45, 2.75) is 0 Å². The Bertz CT molecular complexity index is 840. The second-order valence-electron chi connectivity index (χ2n) is 3.98. The van der Waals surface area contributed by atoms with E-state index >= 15 is 0 Å². The standard InChI is InChI=1S/C13H6BrClN4S/c14-8-1-3-10(7(5-8)6-16)17-12-9(15)2-4-11-13(12)19-20-18-11/h1-5,17H. The highest BCUT2D eigenvalue weighted by atomic mass is 79.9. The van der Waals surface area contributed by atoms with Crippen LogP contribution in [0.5, 0.6) is 0 Å². The summed E-state index contributed by atoms with van der Waals surface area (Å²) in [6.45, 7) is 0. The molecule has 0 saturated heterocycles. The molecule has 3 aromatic rings. The molecule has 1 heterocycles. The molecule has 0 amide bonds. The minimum Gasteiger partial charge on any atom is -0.351 e. The molecule has 20 heavy (non-hydrogen) atoms. The summed E-state index contributed by atoms with van der Waals surface area (Å²) in [6, 6.07) is 11.2. The van der Waals surface area contributed by atoms with Crippen LogP contribution in [0.25, 0.3) is 11.0 Å². The molecule has 7 heteroatoms. The first-order valence-electron chi connectivity index (χ1n) is 5.56. The van der Waals surface area contributed by atoms with Crippen molar-refractivity contribution in [2.24, 2.45) is 0 Å². The van der Waals surface area contributed by atoms with Crippen LogP contribution in [0.1, 0.15) is 5.56 Å². The molecule has 0 saturated carbocycles. The van der Waals surface area contributed by atoms with Crippen molar-refractivity contribution in [1.82, 2.24) is 8.75 Å². The lowest BCUT2D eigenvalue weighted by atomic mass is 10.2. The van der Waals surface area contributed by atoms with Gasteiger partial charge in [0.1, 0.15) is 17.1 Å². The van der Waals surface area contributed by atoms with Crippen LogP contribution >= 0.6 is 39.3 Å². The molecule has 0 radical (unpaired) electrons. The Morgan fingerprint density at radius 2 is 2.10 bits per heavy atom. The molecule has 3 rings (SSSR count). The first kappa shape index (κ1) is 13.3. The van der Waals surface area contributed by atoms with E-state index < -0.39 is 0 Å². The number of halogens is 2. The number of hydrogen-bond acceptors (Lipinski definition) is 5. The zero-order valence-electron chi connectivity index (χ0n) is 9.89. The number of hydrogen-bond donors (Lipinski definition) is 1. The summed E-state index contributed by atoms with van der Waals surface area (Å²) in [6.07, 6.45) is 0. The number of nitrogens with one attached hydrogen (secondary N) is 1. The van der Waals surface area contributed by atoms with Gasteiger partial charge >= 0.3 is 0 Å². The van der Waals surface area contributed by atoms with Gasteiger partial charge in [0.25, 0.3) is 0 Å².